The molecule has 0 saturated heterocycles. The Balaban J connectivity index is 2.22. The quantitative estimate of drug-likeness (QED) is 0.848. The maximum atomic E-state index is 10.0. The highest BCUT2D eigenvalue weighted by atomic mass is 35.5. The summed E-state index contributed by atoms with van der Waals surface area (Å²) in [5, 5.41) is 13.4. The summed E-state index contributed by atoms with van der Waals surface area (Å²) in [6, 6.07) is 3.54. The first-order chi connectivity index (χ1) is 9.65. The minimum absolute atomic E-state index is 0.217. The highest BCUT2D eigenvalue weighted by Crippen LogP contribution is 2.40. The second-order valence-electron chi connectivity index (χ2n) is 5.13. The first kappa shape index (κ1) is 15.4. The van der Waals surface area contributed by atoms with Crippen molar-refractivity contribution in [1.82, 2.24) is 5.32 Å². The zero-order valence-electron chi connectivity index (χ0n) is 12.0. The summed E-state index contributed by atoms with van der Waals surface area (Å²) in [5.41, 5.74) is 0.722. The number of rotatable bonds is 6. The van der Waals surface area contributed by atoms with E-state index in [0.717, 1.165) is 18.4 Å². The number of ether oxygens (including phenoxy) is 2. The third-order valence-electron chi connectivity index (χ3n) is 3.62. The number of likely N-dealkylation sites (N-methyl/N-ethyl adjacent to an activating group) is 1. The number of halogens is 1. The van der Waals surface area contributed by atoms with E-state index in [1.165, 1.54) is 12.8 Å². The molecule has 1 aliphatic rings. The Bertz CT molecular complexity index is 447. The molecule has 1 aromatic rings. The average Bonchev–Trinajstić information content (AvgIpc) is 2.94. The van der Waals surface area contributed by atoms with E-state index >= 15 is 0 Å². The predicted molar refractivity (Wildman–Crippen MR) is 79.8 cm³/mol. The molecule has 1 unspecified atom stereocenters. The fourth-order valence-electron chi connectivity index (χ4n) is 2.53. The van der Waals surface area contributed by atoms with Gasteiger partial charge in [0.05, 0.1) is 24.3 Å². The van der Waals surface area contributed by atoms with Crippen molar-refractivity contribution < 1.29 is 14.6 Å². The molecule has 0 heterocycles. The molecule has 2 rings (SSSR count). The van der Waals surface area contributed by atoms with E-state index in [-0.39, 0.29) is 6.10 Å². The van der Waals surface area contributed by atoms with Gasteiger partial charge in [-0.25, -0.2) is 0 Å². The molecular formula is C15H22ClNO3. The molecule has 5 heteroatoms. The van der Waals surface area contributed by atoms with Crippen LogP contribution in [-0.2, 0) is 0 Å². The Morgan fingerprint density at radius 2 is 2.10 bits per heavy atom. The van der Waals surface area contributed by atoms with E-state index in [1.807, 2.05) is 0 Å². The molecule has 0 bridgehead atoms. The van der Waals surface area contributed by atoms with Gasteiger partial charge in [-0.05, 0) is 50.4 Å². The minimum Gasteiger partial charge on any atom is -0.493 e. The number of methoxy groups -OCH3 is 1. The van der Waals surface area contributed by atoms with Gasteiger partial charge in [0.1, 0.15) is 0 Å². The number of nitrogens with one attached hydrogen (secondary N) is 1. The molecule has 1 fully saturated rings. The number of hydrogen-bond acceptors (Lipinski definition) is 4. The Labute approximate surface area is 125 Å². The molecule has 1 atom stereocenters. The smallest absolute Gasteiger partial charge is 0.180 e. The van der Waals surface area contributed by atoms with Crippen molar-refractivity contribution in [2.75, 3.05) is 20.7 Å². The van der Waals surface area contributed by atoms with Crippen LogP contribution in [0, 0.1) is 0 Å². The molecule has 0 aliphatic heterocycles. The van der Waals surface area contributed by atoms with Gasteiger partial charge in [0, 0.05) is 6.54 Å². The predicted octanol–water partition coefficient (Wildman–Crippen LogP) is 2.92. The SMILES string of the molecule is CNCC(O)c1cc(Cl)c(OC2CCCC2)c(OC)c1. The molecule has 20 heavy (non-hydrogen) atoms. The Morgan fingerprint density at radius 1 is 1.40 bits per heavy atom. The molecule has 0 aromatic heterocycles. The van der Waals surface area contributed by atoms with Gasteiger partial charge in [-0.3, -0.25) is 0 Å². The zero-order valence-corrected chi connectivity index (χ0v) is 12.7. The van der Waals surface area contributed by atoms with Crippen molar-refractivity contribution in [2.24, 2.45) is 0 Å². The van der Waals surface area contributed by atoms with Crippen LogP contribution in [0.25, 0.3) is 0 Å². The highest BCUT2D eigenvalue weighted by molar-refractivity contribution is 6.32. The normalized spacial score (nSPS) is 17.2. The van der Waals surface area contributed by atoms with E-state index in [4.69, 9.17) is 21.1 Å². The lowest BCUT2D eigenvalue weighted by Crippen LogP contribution is -2.17. The maximum Gasteiger partial charge on any atom is 0.180 e. The first-order valence-electron chi connectivity index (χ1n) is 7.02. The lowest BCUT2D eigenvalue weighted by Gasteiger charge is -2.19. The first-order valence-corrected chi connectivity index (χ1v) is 7.40. The monoisotopic (exact) mass is 299 g/mol. The van der Waals surface area contributed by atoms with Crippen molar-refractivity contribution in [3.8, 4) is 11.5 Å². The topological polar surface area (TPSA) is 50.7 Å². The van der Waals surface area contributed by atoms with Crippen molar-refractivity contribution in [3.05, 3.63) is 22.7 Å². The number of aliphatic hydroxyl groups is 1. The lowest BCUT2D eigenvalue weighted by atomic mass is 10.1. The molecule has 1 saturated carbocycles. The molecule has 4 nitrogen and oxygen atoms in total. The Kier molecular flexibility index (Phi) is 5.52. The van der Waals surface area contributed by atoms with E-state index in [9.17, 15) is 5.11 Å². The number of hydrogen-bond donors (Lipinski definition) is 2. The van der Waals surface area contributed by atoms with Crippen LogP contribution >= 0.6 is 11.6 Å². The van der Waals surface area contributed by atoms with Gasteiger partial charge < -0.3 is 19.9 Å². The molecule has 0 radical (unpaired) electrons. The van der Waals surface area contributed by atoms with Crippen LogP contribution in [-0.4, -0.2) is 31.9 Å². The van der Waals surface area contributed by atoms with Crippen LogP contribution in [0.15, 0.2) is 12.1 Å². The Morgan fingerprint density at radius 3 is 2.70 bits per heavy atom. The van der Waals surface area contributed by atoms with E-state index < -0.39 is 6.10 Å². The fraction of sp³-hybridized carbons (Fsp3) is 0.600. The second-order valence-corrected chi connectivity index (χ2v) is 5.54. The van der Waals surface area contributed by atoms with E-state index in [1.54, 1.807) is 26.3 Å². The van der Waals surface area contributed by atoms with Gasteiger partial charge in [0.25, 0.3) is 0 Å². The van der Waals surface area contributed by atoms with E-state index in [2.05, 4.69) is 5.32 Å². The molecule has 2 N–H and O–H groups in total. The fourth-order valence-corrected chi connectivity index (χ4v) is 2.79. The van der Waals surface area contributed by atoms with Crippen LogP contribution in [0.1, 0.15) is 37.4 Å². The zero-order chi connectivity index (χ0) is 14.5. The summed E-state index contributed by atoms with van der Waals surface area (Å²) in [6.45, 7) is 0.461. The van der Waals surface area contributed by atoms with E-state index in [0.29, 0.717) is 23.1 Å². The lowest BCUT2D eigenvalue weighted by molar-refractivity contribution is 0.176. The summed E-state index contributed by atoms with van der Waals surface area (Å²) in [7, 11) is 3.38. The molecule has 112 valence electrons. The average molecular weight is 300 g/mol. The standard InChI is InChI=1S/C15H22ClNO3/c1-17-9-13(18)10-7-12(16)15(14(8-10)19-2)20-11-5-3-4-6-11/h7-8,11,13,17-18H,3-6,9H2,1-2H3. The molecule has 0 spiro atoms. The van der Waals surface area contributed by atoms with Crippen molar-refractivity contribution in [1.29, 1.82) is 0 Å². The molecule has 0 amide bonds. The largest absolute Gasteiger partial charge is 0.493 e. The number of aliphatic hydroxyl groups excluding tert-OH is 1. The van der Waals surface area contributed by atoms with Crippen LogP contribution in [0.2, 0.25) is 5.02 Å². The number of benzene rings is 1. The Hall–Kier alpha value is -0.970. The van der Waals surface area contributed by atoms with Gasteiger partial charge >= 0.3 is 0 Å². The molecule has 1 aromatic carbocycles. The van der Waals surface area contributed by atoms with Gasteiger partial charge in [0.2, 0.25) is 0 Å². The van der Waals surface area contributed by atoms with Gasteiger partial charge in [-0.15, -0.1) is 0 Å². The summed E-state index contributed by atoms with van der Waals surface area (Å²) >= 11 is 6.30. The molecular weight excluding hydrogens is 278 g/mol. The van der Waals surface area contributed by atoms with Gasteiger partial charge in [0.15, 0.2) is 11.5 Å². The van der Waals surface area contributed by atoms with Crippen LogP contribution < -0.4 is 14.8 Å². The van der Waals surface area contributed by atoms with Crippen LogP contribution in [0.4, 0.5) is 0 Å². The van der Waals surface area contributed by atoms with Crippen molar-refractivity contribution >= 4 is 11.6 Å². The minimum atomic E-state index is -0.619. The maximum absolute atomic E-state index is 10.0. The van der Waals surface area contributed by atoms with Crippen molar-refractivity contribution in [3.63, 3.8) is 0 Å². The summed E-state index contributed by atoms with van der Waals surface area (Å²) in [5.74, 6) is 1.16. The summed E-state index contributed by atoms with van der Waals surface area (Å²) in [4.78, 5) is 0. The summed E-state index contributed by atoms with van der Waals surface area (Å²) < 4.78 is 11.3. The van der Waals surface area contributed by atoms with Crippen molar-refractivity contribution in [2.45, 2.75) is 37.9 Å². The second kappa shape index (κ2) is 7.16. The third-order valence-corrected chi connectivity index (χ3v) is 3.90. The highest BCUT2D eigenvalue weighted by Gasteiger charge is 2.22. The summed E-state index contributed by atoms with van der Waals surface area (Å²) in [6.07, 6.45) is 4.11. The van der Waals surface area contributed by atoms with Gasteiger partial charge in [-0.2, -0.15) is 0 Å². The van der Waals surface area contributed by atoms with Gasteiger partial charge in [-0.1, -0.05) is 11.6 Å². The van der Waals surface area contributed by atoms with Crippen LogP contribution in [0.3, 0.4) is 0 Å². The van der Waals surface area contributed by atoms with Crippen LogP contribution in [0.5, 0.6) is 11.5 Å². The molecule has 1 aliphatic carbocycles. The third kappa shape index (κ3) is 3.57.